The number of hydrogen-bond acceptors (Lipinski definition) is 5. The third-order valence-corrected chi connectivity index (χ3v) is 5.06. The molecule has 2 aliphatic rings. The number of carbonyl (C=O) groups is 1. The Morgan fingerprint density at radius 2 is 1.78 bits per heavy atom. The Labute approximate surface area is 133 Å². The summed E-state index contributed by atoms with van der Waals surface area (Å²) in [5.41, 5.74) is -6.77. The van der Waals surface area contributed by atoms with Crippen molar-refractivity contribution in [2.45, 2.75) is 69.2 Å². The van der Waals surface area contributed by atoms with Gasteiger partial charge in [-0.3, -0.25) is 4.18 Å². The summed E-state index contributed by atoms with van der Waals surface area (Å²) >= 11 is 0. The SMILES string of the molecule is CC(C)(C)OC(=O)N1CCCC12CC(OS(=O)(=O)C(F)(F)F)C2. The van der Waals surface area contributed by atoms with Gasteiger partial charge in [0.25, 0.3) is 0 Å². The van der Waals surface area contributed by atoms with Gasteiger partial charge in [-0.05, 0) is 46.5 Å². The second-order valence-corrected chi connectivity index (χ2v) is 8.55. The molecule has 0 aromatic carbocycles. The van der Waals surface area contributed by atoms with E-state index in [1.54, 1.807) is 20.8 Å². The molecule has 6 nitrogen and oxygen atoms in total. The van der Waals surface area contributed by atoms with Gasteiger partial charge in [0.1, 0.15) is 5.60 Å². The summed E-state index contributed by atoms with van der Waals surface area (Å²) in [6.45, 7) is 5.59. The Balaban J connectivity index is 1.99. The van der Waals surface area contributed by atoms with Crippen LogP contribution in [0.3, 0.4) is 0 Å². The normalized spacial score (nSPS) is 28.8. The van der Waals surface area contributed by atoms with E-state index in [1.807, 2.05) is 0 Å². The van der Waals surface area contributed by atoms with Crippen LogP contribution in [-0.4, -0.2) is 48.7 Å². The highest BCUT2D eigenvalue weighted by atomic mass is 32.2. The summed E-state index contributed by atoms with van der Waals surface area (Å²) in [5, 5.41) is 0. The number of alkyl halides is 3. The van der Waals surface area contributed by atoms with Gasteiger partial charge in [-0.25, -0.2) is 4.79 Å². The molecular formula is C13H20F3NO5S. The topological polar surface area (TPSA) is 72.9 Å². The Kier molecular flexibility index (Phi) is 4.38. The van der Waals surface area contributed by atoms with Crippen molar-refractivity contribution in [3.63, 3.8) is 0 Å². The zero-order chi connectivity index (χ0) is 17.7. The first-order valence-corrected chi connectivity index (χ1v) is 8.67. The number of hydrogen-bond donors (Lipinski definition) is 0. The minimum atomic E-state index is -5.61. The number of ether oxygens (including phenoxy) is 1. The lowest BCUT2D eigenvalue weighted by molar-refractivity contribution is -0.0791. The number of likely N-dealkylation sites (tertiary alicyclic amines) is 1. The molecule has 0 N–H and O–H groups in total. The second kappa shape index (κ2) is 5.51. The van der Waals surface area contributed by atoms with Crippen LogP contribution in [0.2, 0.25) is 0 Å². The molecular weight excluding hydrogens is 339 g/mol. The predicted octanol–water partition coefficient (Wildman–Crippen LogP) is 2.78. The second-order valence-electron chi connectivity index (χ2n) is 6.99. The van der Waals surface area contributed by atoms with Crippen LogP contribution in [0.15, 0.2) is 0 Å². The molecule has 1 aliphatic heterocycles. The number of amides is 1. The molecule has 0 atom stereocenters. The number of carbonyl (C=O) groups excluding carboxylic acids is 1. The van der Waals surface area contributed by atoms with Gasteiger partial charge in [0.05, 0.1) is 11.6 Å². The summed E-state index contributed by atoms with van der Waals surface area (Å²) in [6, 6.07) is 0. The van der Waals surface area contributed by atoms with E-state index in [0.29, 0.717) is 19.4 Å². The first-order valence-electron chi connectivity index (χ1n) is 7.26. The fourth-order valence-corrected chi connectivity index (χ4v) is 3.66. The summed E-state index contributed by atoms with van der Waals surface area (Å²) in [4.78, 5) is 13.7. The quantitative estimate of drug-likeness (QED) is 0.560. The van der Waals surface area contributed by atoms with E-state index in [4.69, 9.17) is 4.74 Å². The number of rotatable bonds is 2. The Hall–Kier alpha value is -1.03. The third kappa shape index (κ3) is 3.73. The molecule has 1 heterocycles. The van der Waals surface area contributed by atoms with E-state index < -0.39 is 39.0 Å². The van der Waals surface area contributed by atoms with Gasteiger partial charge in [0.15, 0.2) is 0 Å². The maximum absolute atomic E-state index is 12.3. The standard InChI is InChI=1S/C13H20F3NO5S/c1-11(2,3)21-10(18)17-6-4-5-12(17)7-9(8-12)22-23(19,20)13(14,15)16/h9H,4-8H2,1-3H3. The maximum Gasteiger partial charge on any atom is 0.523 e. The van der Waals surface area contributed by atoms with Crippen molar-refractivity contribution in [1.29, 1.82) is 0 Å². The average molecular weight is 359 g/mol. The van der Waals surface area contributed by atoms with Crippen LogP contribution in [0, 0.1) is 0 Å². The first-order chi connectivity index (χ1) is 10.3. The predicted molar refractivity (Wildman–Crippen MR) is 74.0 cm³/mol. The molecule has 1 aliphatic carbocycles. The van der Waals surface area contributed by atoms with Gasteiger partial charge in [-0.1, -0.05) is 0 Å². The molecule has 1 saturated heterocycles. The Morgan fingerprint density at radius 3 is 2.26 bits per heavy atom. The largest absolute Gasteiger partial charge is 0.523 e. The van der Waals surface area contributed by atoms with Gasteiger partial charge in [-0.15, -0.1) is 0 Å². The Bertz CT molecular complexity index is 575. The van der Waals surface area contributed by atoms with Crippen LogP contribution in [0.25, 0.3) is 0 Å². The Morgan fingerprint density at radius 1 is 1.22 bits per heavy atom. The highest BCUT2D eigenvalue weighted by Gasteiger charge is 2.58. The van der Waals surface area contributed by atoms with E-state index in [9.17, 15) is 26.4 Å². The molecule has 1 spiro atoms. The molecule has 0 aromatic heterocycles. The van der Waals surface area contributed by atoms with Crippen LogP contribution in [0.5, 0.6) is 0 Å². The van der Waals surface area contributed by atoms with Crippen LogP contribution >= 0.6 is 0 Å². The lowest BCUT2D eigenvalue weighted by Gasteiger charge is -2.49. The maximum atomic E-state index is 12.3. The lowest BCUT2D eigenvalue weighted by Crippen LogP contribution is -2.59. The van der Waals surface area contributed by atoms with Gasteiger partial charge in [0, 0.05) is 6.54 Å². The van der Waals surface area contributed by atoms with Crippen molar-refractivity contribution in [2.75, 3.05) is 6.54 Å². The summed E-state index contributed by atoms with van der Waals surface area (Å²) in [5.74, 6) is 0. The molecule has 23 heavy (non-hydrogen) atoms. The minimum Gasteiger partial charge on any atom is -0.444 e. The van der Waals surface area contributed by atoms with Crippen LogP contribution in [0.4, 0.5) is 18.0 Å². The minimum absolute atomic E-state index is 0.0571. The highest BCUT2D eigenvalue weighted by molar-refractivity contribution is 7.87. The van der Waals surface area contributed by atoms with Crippen molar-refractivity contribution in [2.24, 2.45) is 0 Å². The van der Waals surface area contributed by atoms with Gasteiger partial charge in [-0.2, -0.15) is 21.6 Å². The smallest absolute Gasteiger partial charge is 0.444 e. The molecule has 0 radical (unpaired) electrons. The monoisotopic (exact) mass is 359 g/mol. The van der Waals surface area contributed by atoms with Crippen molar-refractivity contribution >= 4 is 16.2 Å². The molecule has 1 saturated carbocycles. The zero-order valence-corrected chi connectivity index (χ0v) is 14.0. The summed E-state index contributed by atoms with van der Waals surface area (Å²) in [7, 11) is -5.61. The van der Waals surface area contributed by atoms with Crippen molar-refractivity contribution in [1.82, 2.24) is 4.90 Å². The third-order valence-electron chi connectivity index (χ3n) is 3.97. The molecule has 2 rings (SSSR count). The number of halogens is 3. The molecule has 0 aromatic rings. The average Bonchev–Trinajstić information content (AvgIpc) is 2.68. The van der Waals surface area contributed by atoms with Crippen molar-refractivity contribution in [3.8, 4) is 0 Å². The van der Waals surface area contributed by atoms with E-state index in [2.05, 4.69) is 4.18 Å². The summed E-state index contributed by atoms with van der Waals surface area (Å²) < 4.78 is 68.5. The summed E-state index contributed by atoms with van der Waals surface area (Å²) in [6.07, 6.45) is -0.198. The van der Waals surface area contributed by atoms with Gasteiger partial charge >= 0.3 is 21.7 Å². The fraction of sp³-hybridized carbons (Fsp3) is 0.923. The van der Waals surface area contributed by atoms with Crippen LogP contribution in [-0.2, 0) is 19.0 Å². The molecule has 134 valence electrons. The van der Waals surface area contributed by atoms with Crippen molar-refractivity contribution in [3.05, 3.63) is 0 Å². The van der Waals surface area contributed by atoms with Crippen LogP contribution < -0.4 is 0 Å². The molecule has 1 amide bonds. The van der Waals surface area contributed by atoms with E-state index in [0.717, 1.165) is 0 Å². The number of nitrogens with zero attached hydrogens (tertiary/aromatic N) is 1. The highest BCUT2D eigenvalue weighted by Crippen LogP contribution is 2.48. The zero-order valence-electron chi connectivity index (χ0n) is 13.1. The fourth-order valence-electron chi connectivity index (χ4n) is 3.05. The van der Waals surface area contributed by atoms with Crippen molar-refractivity contribution < 1.29 is 35.3 Å². The van der Waals surface area contributed by atoms with E-state index in [-0.39, 0.29) is 12.8 Å². The van der Waals surface area contributed by atoms with Gasteiger partial charge in [0.2, 0.25) is 0 Å². The van der Waals surface area contributed by atoms with Crippen LogP contribution in [0.1, 0.15) is 46.5 Å². The first kappa shape index (κ1) is 18.3. The molecule has 0 unspecified atom stereocenters. The molecule has 2 fully saturated rings. The van der Waals surface area contributed by atoms with Gasteiger partial charge < -0.3 is 9.64 Å². The molecule has 0 bridgehead atoms. The van der Waals surface area contributed by atoms with E-state index >= 15 is 0 Å². The lowest BCUT2D eigenvalue weighted by atomic mass is 9.72. The molecule has 10 heteroatoms. The van der Waals surface area contributed by atoms with E-state index in [1.165, 1.54) is 4.90 Å².